The third-order valence-corrected chi connectivity index (χ3v) is 8.01. The number of halogens is 4. The molecule has 2 aliphatic heterocycles. The van der Waals surface area contributed by atoms with Gasteiger partial charge >= 0.3 is 0 Å². The summed E-state index contributed by atoms with van der Waals surface area (Å²) in [5.41, 5.74) is 3.20. The van der Waals surface area contributed by atoms with Crippen LogP contribution >= 0.6 is 23.4 Å². The van der Waals surface area contributed by atoms with Gasteiger partial charge in [0.2, 0.25) is 0 Å². The van der Waals surface area contributed by atoms with Crippen molar-refractivity contribution in [2.24, 2.45) is 0 Å². The number of benzene rings is 3. The number of rotatable bonds is 4. The predicted molar refractivity (Wildman–Crippen MR) is 126 cm³/mol. The van der Waals surface area contributed by atoms with Gasteiger partial charge in [0.05, 0.1) is 5.02 Å². The third-order valence-electron chi connectivity index (χ3n) is 6.55. The summed E-state index contributed by atoms with van der Waals surface area (Å²) < 4.78 is 41.3. The van der Waals surface area contributed by atoms with Crippen LogP contribution in [0.1, 0.15) is 22.7 Å². The van der Waals surface area contributed by atoms with E-state index in [0.717, 1.165) is 72.0 Å². The van der Waals surface area contributed by atoms with Gasteiger partial charge in [-0.25, -0.2) is 13.2 Å². The average molecular weight is 489 g/mol. The molecule has 0 N–H and O–H groups in total. The van der Waals surface area contributed by atoms with Crippen LogP contribution in [0.25, 0.3) is 0 Å². The fourth-order valence-electron chi connectivity index (χ4n) is 4.68. The minimum absolute atomic E-state index is 0.0524. The van der Waals surface area contributed by atoms with Crippen molar-refractivity contribution in [1.82, 2.24) is 9.80 Å². The van der Waals surface area contributed by atoms with Crippen LogP contribution in [0, 0.1) is 17.5 Å². The second kappa shape index (κ2) is 9.71. The fraction of sp³-hybridized carbons (Fsp3) is 0.308. The van der Waals surface area contributed by atoms with Crippen LogP contribution in [0.3, 0.4) is 0 Å². The quantitative estimate of drug-likeness (QED) is 0.421. The molecule has 0 saturated carbocycles. The minimum atomic E-state index is -0.452. The van der Waals surface area contributed by atoms with E-state index in [-0.39, 0.29) is 22.7 Å². The number of hydrogen-bond acceptors (Lipinski definition) is 3. The van der Waals surface area contributed by atoms with Gasteiger partial charge < -0.3 is 4.90 Å². The molecule has 0 amide bonds. The van der Waals surface area contributed by atoms with E-state index in [0.29, 0.717) is 0 Å². The highest BCUT2D eigenvalue weighted by molar-refractivity contribution is 7.99. The molecule has 0 radical (unpaired) electrons. The van der Waals surface area contributed by atoms with Gasteiger partial charge in [0.1, 0.15) is 17.5 Å². The molecule has 2 heterocycles. The van der Waals surface area contributed by atoms with E-state index in [1.54, 1.807) is 6.07 Å². The summed E-state index contributed by atoms with van der Waals surface area (Å²) in [6, 6.07) is 14.8. The molecule has 1 atom stereocenters. The van der Waals surface area contributed by atoms with Crippen LogP contribution in [0.2, 0.25) is 5.02 Å². The van der Waals surface area contributed by atoms with Crippen molar-refractivity contribution in [3.05, 3.63) is 93.8 Å². The molecule has 2 nitrogen and oxygen atoms in total. The first-order valence-electron chi connectivity index (χ1n) is 11.1. The molecule has 33 heavy (non-hydrogen) atoms. The lowest BCUT2D eigenvalue weighted by Crippen LogP contribution is -2.48. The monoisotopic (exact) mass is 488 g/mol. The summed E-state index contributed by atoms with van der Waals surface area (Å²) >= 11 is 7.59. The Morgan fingerprint density at radius 2 is 1.58 bits per heavy atom. The maximum atomic E-state index is 14.3. The number of hydrogen-bond donors (Lipinski definition) is 0. The van der Waals surface area contributed by atoms with Gasteiger partial charge in [0.15, 0.2) is 0 Å². The Morgan fingerprint density at radius 3 is 2.33 bits per heavy atom. The topological polar surface area (TPSA) is 6.48 Å². The standard InChI is InChI=1S/C26H24ClF3N2S/c27-22-15-21-24(13-18-3-6-20(29)14-25(18)33-26(21)16-23(22)30)32-11-9-31(10-12-32)8-7-17-1-4-19(28)5-2-17/h1-6,14-16,24H,7-13H2. The SMILES string of the molecule is Fc1ccc(CCN2CCN(C3Cc4ccc(F)cc4Sc4cc(F)c(Cl)cc43)CC2)cc1. The van der Waals surface area contributed by atoms with E-state index in [9.17, 15) is 13.2 Å². The van der Waals surface area contributed by atoms with E-state index in [1.165, 1.54) is 42.1 Å². The Balaban J connectivity index is 1.32. The van der Waals surface area contributed by atoms with Crippen LogP contribution in [0.5, 0.6) is 0 Å². The van der Waals surface area contributed by atoms with Gasteiger partial charge in [-0.15, -0.1) is 0 Å². The molecule has 7 heteroatoms. The molecule has 1 saturated heterocycles. The second-order valence-corrected chi connectivity index (χ2v) is 10.1. The molecule has 5 rings (SSSR count). The van der Waals surface area contributed by atoms with Gasteiger partial charge in [-0.3, -0.25) is 4.90 Å². The first-order chi connectivity index (χ1) is 16.0. The lowest BCUT2D eigenvalue weighted by atomic mass is 9.96. The Labute approximate surface area is 201 Å². The Bertz CT molecular complexity index is 1150. The maximum absolute atomic E-state index is 14.3. The Hall–Kier alpha value is -1.99. The largest absolute Gasteiger partial charge is 0.300 e. The van der Waals surface area contributed by atoms with Crippen molar-refractivity contribution in [2.75, 3.05) is 32.7 Å². The lowest BCUT2D eigenvalue weighted by Gasteiger charge is -2.39. The molecule has 172 valence electrons. The van der Waals surface area contributed by atoms with E-state index in [4.69, 9.17) is 11.6 Å². The molecule has 1 fully saturated rings. The third kappa shape index (κ3) is 5.09. The summed E-state index contributed by atoms with van der Waals surface area (Å²) in [5, 5.41) is 0.120. The fourth-order valence-corrected chi connectivity index (χ4v) is 6.02. The van der Waals surface area contributed by atoms with E-state index in [2.05, 4.69) is 9.80 Å². The van der Waals surface area contributed by atoms with Crippen molar-refractivity contribution < 1.29 is 13.2 Å². The minimum Gasteiger partial charge on any atom is -0.300 e. The highest BCUT2D eigenvalue weighted by Crippen LogP contribution is 2.44. The first kappa shape index (κ1) is 22.8. The van der Waals surface area contributed by atoms with Crippen LogP contribution in [0.15, 0.2) is 64.4 Å². The summed E-state index contributed by atoms with van der Waals surface area (Å²) in [5.74, 6) is -0.948. The Kier molecular flexibility index (Phi) is 6.70. The number of nitrogens with zero attached hydrogens (tertiary/aromatic N) is 2. The summed E-state index contributed by atoms with van der Waals surface area (Å²) in [6.45, 7) is 4.53. The van der Waals surface area contributed by atoms with Gasteiger partial charge in [-0.1, -0.05) is 41.6 Å². The van der Waals surface area contributed by atoms with Crippen molar-refractivity contribution >= 4 is 23.4 Å². The zero-order valence-electron chi connectivity index (χ0n) is 18.0. The van der Waals surface area contributed by atoms with Crippen LogP contribution in [-0.4, -0.2) is 42.5 Å². The number of fused-ring (bicyclic) bond motifs is 2. The molecule has 0 spiro atoms. The summed E-state index contributed by atoms with van der Waals surface area (Å²) in [4.78, 5) is 6.48. The van der Waals surface area contributed by atoms with E-state index in [1.807, 2.05) is 18.2 Å². The molecule has 0 aromatic heterocycles. The van der Waals surface area contributed by atoms with Crippen LogP contribution in [-0.2, 0) is 12.8 Å². The van der Waals surface area contributed by atoms with Gasteiger partial charge in [-0.05, 0) is 65.9 Å². The molecular weight excluding hydrogens is 465 g/mol. The highest BCUT2D eigenvalue weighted by atomic mass is 35.5. The van der Waals surface area contributed by atoms with Crippen LogP contribution in [0.4, 0.5) is 13.2 Å². The zero-order chi connectivity index (χ0) is 22.9. The zero-order valence-corrected chi connectivity index (χ0v) is 19.6. The highest BCUT2D eigenvalue weighted by Gasteiger charge is 2.31. The van der Waals surface area contributed by atoms with Gasteiger partial charge in [0, 0.05) is 48.6 Å². The van der Waals surface area contributed by atoms with Crippen LogP contribution < -0.4 is 0 Å². The molecule has 2 aliphatic rings. The molecule has 0 bridgehead atoms. The van der Waals surface area contributed by atoms with Gasteiger partial charge in [-0.2, -0.15) is 0 Å². The second-order valence-electron chi connectivity index (χ2n) is 8.63. The lowest BCUT2D eigenvalue weighted by molar-refractivity contribution is 0.0950. The summed E-state index contributed by atoms with van der Waals surface area (Å²) in [7, 11) is 0. The van der Waals surface area contributed by atoms with Crippen molar-refractivity contribution in [1.29, 1.82) is 0 Å². The summed E-state index contributed by atoms with van der Waals surface area (Å²) in [6.07, 6.45) is 1.62. The molecular formula is C26H24ClF3N2S. The normalized spacial score (nSPS) is 19.1. The number of piperazine rings is 1. The predicted octanol–water partition coefficient (Wildman–Crippen LogP) is 6.37. The first-order valence-corrected chi connectivity index (χ1v) is 12.3. The van der Waals surface area contributed by atoms with Crippen molar-refractivity contribution in [2.45, 2.75) is 28.7 Å². The molecule has 3 aromatic carbocycles. The van der Waals surface area contributed by atoms with E-state index >= 15 is 0 Å². The van der Waals surface area contributed by atoms with Gasteiger partial charge in [0.25, 0.3) is 0 Å². The molecule has 1 unspecified atom stereocenters. The maximum Gasteiger partial charge on any atom is 0.142 e. The average Bonchev–Trinajstić information content (AvgIpc) is 2.96. The Morgan fingerprint density at radius 1 is 0.848 bits per heavy atom. The van der Waals surface area contributed by atoms with Crippen molar-refractivity contribution in [3.63, 3.8) is 0 Å². The molecule has 3 aromatic rings. The van der Waals surface area contributed by atoms with Crippen molar-refractivity contribution in [3.8, 4) is 0 Å². The smallest absolute Gasteiger partial charge is 0.142 e. The molecule has 0 aliphatic carbocycles. The van der Waals surface area contributed by atoms with E-state index < -0.39 is 5.82 Å².